The van der Waals surface area contributed by atoms with Gasteiger partial charge in [0.2, 0.25) is 10.7 Å². The largest absolute Gasteiger partial charge is 0.390 e. The summed E-state index contributed by atoms with van der Waals surface area (Å²) in [5.41, 5.74) is -0.293. The minimum absolute atomic E-state index is 0.000345. The van der Waals surface area contributed by atoms with Crippen molar-refractivity contribution in [3.05, 3.63) is 69.8 Å². The quantitative estimate of drug-likeness (QED) is 0.147. The summed E-state index contributed by atoms with van der Waals surface area (Å²) in [7, 11) is -4.96. The zero-order valence-electron chi connectivity index (χ0n) is 16.7. The van der Waals surface area contributed by atoms with Crippen molar-refractivity contribution in [2.75, 3.05) is 12.5 Å². The van der Waals surface area contributed by atoms with Gasteiger partial charge in [0.05, 0.1) is 23.2 Å². The molecular formula is C19H18Cl2N3O8S+. The summed E-state index contributed by atoms with van der Waals surface area (Å²) in [4.78, 5) is 21.6. The molecule has 0 fully saturated rings. The Morgan fingerprint density at radius 3 is 2.09 bits per heavy atom. The maximum absolute atomic E-state index is 13.2. The number of carbonyl (C=O) groups excluding carboxylic acids is 1. The van der Waals surface area contributed by atoms with Crippen molar-refractivity contribution in [2.45, 2.75) is 17.0 Å². The lowest BCUT2D eigenvalue weighted by molar-refractivity contribution is -0.384. The number of benzene rings is 2. The van der Waals surface area contributed by atoms with Crippen LogP contribution in [-0.4, -0.2) is 57.4 Å². The van der Waals surface area contributed by atoms with Crippen molar-refractivity contribution in [2.24, 2.45) is 0 Å². The number of quaternary nitrogens is 1. The number of non-ortho nitro benzene ring substituents is 1. The van der Waals surface area contributed by atoms with Gasteiger partial charge in [0.25, 0.3) is 5.69 Å². The molecule has 0 heterocycles. The number of aliphatic hydroxyl groups excluding tert-OH is 2. The smallest absolute Gasteiger partial charge is 0.353 e. The van der Waals surface area contributed by atoms with Gasteiger partial charge in [0.15, 0.2) is 6.04 Å². The van der Waals surface area contributed by atoms with Crippen LogP contribution in [0.25, 0.3) is 0 Å². The van der Waals surface area contributed by atoms with E-state index in [-0.39, 0.29) is 22.5 Å². The standard InChI is InChI=1S/C19H17Cl2N3O8S/c20-18(21)19(27)24(11-33(30,31)32,15-7-1-12(9-22)2-8-15)16(10-25)17(26)13-3-5-14(6-4-13)23(28)29/h1-8,16-18,25-26H,10-11H2/p+1/t16-,17-,24?/m1/s1. The number of hydrogen-bond acceptors (Lipinski definition) is 8. The minimum atomic E-state index is -4.96. The number of amides is 1. The number of aliphatic hydroxyl groups is 2. The highest BCUT2D eigenvalue weighted by Gasteiger charge is 2.54. The molecule has 0 radical (unpaired) electrons. The molecule has 0 spiro atoms. The first-order valence-electron chi connectivity index (χ1n) is 9.07. The van der Waals surface area contributed by atoms with Gasteiger partial charge in [-0.05, 0) is 29.8 Å². The molecule has 0 saturated heterocycles. The molecule has 0 saturated carbocycles. The second kappa shape index (κ2) is 10.5. The third-order valence-corrected chi connectivity index (χ3v) is 6.07. The fraction of sp³-hybridized carbons (Fsp3) is 0.263. The summed E-state index contributed by atoms with van der Waals surface area (Å²) in [6.45, 7) is -1.00. The lowest BCUT2D eigenvalue weighted by Gasteiger charge is -2.42. The zero-order valence-corrected chi connectivity index (χ0v) is 19.0. The number of nitro benzene ring substituents is 1. The van der Waals surface area contributed by atoms with Gasteiger partial charge < -0.3 is 10.2 Å². The second-order valence-electron chi connectivity index (χ2n) is 6.92. The van der Waals surface area contributed by atoms with E-state index in [1.54, 1.807) is 0 Å². The van der Waals surface area contributed by atoms with Gasteiger partial charge in [-0.2, -0.15) is 13.7 Å². The van der Waals surface area contributed by atoms with Gasteiger partial charge in [-0.1, -0.05) is 23.2 Å². The van der Waals surface area contributed by atoms with Crippen LogP contribution in [0, 0.1) is 21.4 Å². The Labute approximate surface area is 198 Å². The molecule has 0 aliphatic rings. The number of carbonyl (C=O) groups is 1. The summed E-state index contributed by atoms with van der Waals surface area (Å²) in [6.07, 6.45) is -1.77. The molecule has 14 heteroatoms. The van der Waals surface area contributed by atoms with E-state index >= 15 is 0 Å². The summed E-state index contributed by atoms with van der Waals surface area (Å²) < 4.78 is 32.2. The van der Waals surface area contributed by atoms with Crippen LogP contribution in [0.1, 0.15) is 17.2 Å². The molecule has 11 nitrogen and oxygen atoms in total. The summed E-state index contributed by atoms with van der Waals surface area (Å²) in [5, 5.41) is 41.1. The van der Waals surface area contributed by atoms with Gasteiger partial charge >= 0.3 is 16.0 Å². The van der Waals surface area contributed by atoms with E-state index in [0.29, 0.717) is 0 Å². The molecule has 0 aliphatic carbocycles. The highest BCUT2D eigenvalue weighted by atomic mass is 35.5. The van der Waals surface area contributed by atoms with Gasteiger partial charge in [0, 0.05) is 24.3 Å². The summed E-state index contributed by atoms with van der Waals surface area (Å²) >= 11 is 11.6. The molecule has 33 heavy (non-hydrogen) atoms. The molecule has 3 N–H and O–H groups in total. The van der Waals surface area contributed by atoms with E-state index in [1.165, 1.54) is 24.3 Å². The number of rotatable bonds is 9. The first-order chi connectivity index (χ1) is 15.4. The third-order valence-electron chi connectivity index (χ3n) is 4.97. The molecule has 0 aromatic heterocycles. The number of nitriles is 1. The molecule has 2 aromatic carbocycles. The molecule has 1 amide bonds. The Morgan fingerprint density at radius 1 is 1.15 bits per heavy atom. The van der Waals surface area contributed by atoms with Crippen LogP contribution in [0.2, 0.25) is 0 Å². The van der Waals surface area contributed by atoms with Crippen molar-refractivity contribution in [3.63, 3.8) is 0 Å². The highest BCUT2D eigenvalue weighted by molar-refractivity contribution is 7.85. The van der Waals surface area contributed by atoms with Gasteiger partial charge in [0.1, 0.15) is 11.8 Å². The first-order valence-corrected chi connectivity index (χ1v) is 11.5. The number of nitro groups is 1. The normalized spacial score (nSPS) is 15.3. The summed E-state index contributed by atoms with van der Waals surface area (Å²) in [5.74, 6) is -2.55. The molecule has 0 aliphatic heterocycles. The monoisotopic (exact) mass is 518 g/mol. The van der Waals surface area contributed by atoms with Crippen LogP contribution in [0.15, 0.2) is 48.5 Å². The number of nitrogens with zero attached hydrogens (tertiary/aromatic N) is 3. The van der Waals surface area contributed by atoms with Gasteiger partial charge in [-0.15, -0.1) is 0 Å². The third kappa shape index (κ3) is 5.84. The number of hydrogen-bond donors (Lipinski definition) is 3. The Hall–Kier alpha value is -2.63. The Morgan fingerprint density at radius 2 is 1.70 bits per heavy atom. The van der Waals surface area contributed by atoms with E-state index in [4.69, 9.17) is 28.5 Å². The highest BCUT2D eigenvalue weighted by Crippen LogP contribution is 2.37. The molecule has 176 valence electrons. The average molecular weight is 519 g/mol. The van der Waals surface area contributed by atoms with E-state index < -0.39 is 54.9 Å². The number of halogens is 2. The van der Waals surface area contributed by atoms with Crippen molar-refractivity contribution in [3.8, 4) is 6.07 Å². The lowest BCUT2D eigenvalue weighted by atomic mass is 9.97. The van der Waals surface area contributed by atoms with Crippen molar-refractivity contribution < 1.29 is 32.9 Å². The van der Waals surface area contributed by atoms with Gasteiger partial charge in [-0.25, -0.2) is 9.28 Å². The topological polar surface area (TPSA) is 179 Å². The van der Waals surface area contributed by atoms with Crippen molar-refractivity contribution >= 4 is 50.6 Å². The van der Waals surface area contributed by atoms with Crippen molar-refractivity contribution in [1.29, 1.82) is 5.26 Å². The van der Waals surface area contributed by atoms with Crippen LogP contribution < -0.4 is 4.48 Å². The average Bonchev–Trinajstić information content (AvgIpc) is 2.77. The SMILES string of the molecule is N#Cc1ccc([N+](CS(=O)(=O)O)(C(=O)C(Cl)Cl)[C@H](CO)[C@H](O)c2ccc([N+](=O)[O-])cc2)cc1. The first kappa shape index (κ1) is 26.6. The van der Waals surface area contributed by atoms with Crippen LogP contribution in [0.5, 0.6) is 0 Å². The lowest BCUT2D eigenvalue weighted by Crippen LogP contribution is -2.67. The van der Waals surface area contributed by atoms with Crippen LogP contribution >= 0.6 is 23.2 Å². The van der Waals surface area contributed by atoms with E-state index in [9.17, 15) is 38.1 Å². The minimum Gasteiger partial charge on any atom is -0.390 e. The fourth-order valence-corrected chi connectivity index (χ4v) is 4.78. The Balaban J connectivity index is 2.79. The molecule has 0 bridgehead atoms. The summed E-state index contributed by atoms with van der Waals surface area (Å²) in [6, 6.07) is 9.53. The maximum atomic E-state index is 13.2. The molecule has 1 unspecified atom stereocenters. The second-order valence-corrected chi connectivity index (χ2v) is 9.44. The number of alkyl halides is 2. The predicted molar refractivity (Wildman–Crippen MR) is 119 cm³/mol. The zero-order chi connectivity index (χ0) is 25.0. The Bertz CT molecular complexity index is 1170. The van der Waals surface area contributed by atoms with Crippen LogP contribution in [-0.2, 0) is 14.9 Å². The molecule has 2 aromatic rings. The van der Waals surface area contributed by atoms with Gasteiger partial charge in [-0.3, -0.25) is 14.7 Å². The predicted octanol–water partition coefficient (Wildman–Crippen LogP) is 2.04. The molecule has 2 rings (SSSR count). The van der Waals surface area contributed by atoms with Crippen LogP contribution in [0.3, 0.4) is 0 Å². The fourth-order valence-electron chi connectivity index (χ4n) is 3.45. The van der Waals surface area contributed by atoms with Crippen LogP contribution in [0.4, 0.5) is 11.4 Å². The van der Waals surface area contributed by atoms with Crippen molar-refractivity contribution in [1.82, 2.24) is 4.48 Å². The van der Waals surface area contributed by atoms with E-state index in [2.05, 4.69) is 0 Å². The molecular weight excluding hydrogens is 501 g/mol. The molecule has 3 atom stereocenters. The van der Waals surface area contributed by atoms with E-state index in [0.717, 1.165) is 24.3 Å². The maximum Gasteiger partial charge on any atom is 0.353 e. The van der Waals surface area contributed by atoms with E-state index in [1.807, 2.05) is 6.07 Å². The Kier molecular flexibility index (Phi) is 8.50.